The minimum atomic E-state index is -5.08. The van der Waals surface area contributed by atoms with Crippen LogP contribution < -0.4 is 20.1 Å². The van der Waals surface area contributed by atoms with Gasteiger partial charge in [-0.25, -0.2) is 18.4 Å². The molecular formula is C31H40F5N3O5. The highest BCUT2D eigenvalue weighted by Crippen LogP contribution is 2.50. The minimum absolute atomic E-state index is 0.0223. The fraction of sp³-hybridized carbons (Fsp3) is 0.548. The van der Waals surface area contributed by atoms with Gasteiger partial charge in [0.1, 0.15) is 0 Å². The Bertz CT molecular complexity index is 1290. The molecule has 1 aliphatic carbocycles. The fourth-order valence-corrected chi connectivity index (χ4v) is 6.28. The number of hydrogen-bond donors (Lipinski definition) is 3. The molecule has 0 unspecified atom stereocenters. The average Bonchev–Trinajstić information content (AvgIpc) is 3.35. The van der Waals surface area contributed by atoms with Crippen molar-refractivity contribution in [3.05, 3.63) is 53.6 Å². The lowest BCUT2D eigenvalue weighted by Gasteiger charge is -2.46. The van der Waals surface area contributed by atoms with Crippen LogP contribution >= 0.6 is 0 Å². The number of ether oxygens (including phenoxy) is 2. The highest BCUT2D eigenvalue weighted by atomic mass is 19.4. The van der Waals surface area contributed by atoms with Crippen molar-refractivity contribution in [1.29, 1.82) is 0 Å². The maximum absolute atomic E-state index is 13.6. The zero-order valence-corrected chi connectivity index (χ0v) is 25.3. The average molecular weight is 630 g/mol. The van der Waals surface area contributed by atoms with Gasteiger partial charge in [0.05, 0.1) is 14.2 Å². The smallest absolute Gasteiger partial charge is 0.490 e. The number of nitrogens with zero attached hydrogens (tertiary/aromatic N) is 1. The van der Waals surface area contributed by atoms with E-state index < -0.39 is 29.8 Å². The predicted octanol–water partition coefficient (Wildman–Crippen LogP) is 6.74. The Labute approximate surface area is 253 Å². The standard InChI is InChI=1S/C29H39F2N3O3.C2HF3O2/c1-5-19(6-2)18-34-14-13-29(20-7-10-25(36-3)26(15-20)37-4)12-11-22(17-27(29)34)33-28(35)32-21-8-9-23(30)24(31)16-21;3-2(4,5)1(6)7/h7-10,15-16,19,22,27H,5-6,11-14,17-18H2,1-4H3,(H2,32,33,35);(H,6,7)/t22-,27+,29+;/m1./s1. The largest absolute Gasteiger partial charge is 0.493 e. The lowest BCUT2D eigenvalue weighted by Crippen LogP contribution is -2.53. The summed E-state index contributed by atoms with van der Waals surface area (Å²) in [6.45, 7) is 6.56. The third kappa shape index (κ3) is 8.30. The number of carboxylic acid groups (broad SMARTS) is 1. The van der Waals surface area contributed by atoms with Crippen LogP contribution in [0.25, 0.3) is 0 Å². The summed E-state index contributed by atoms with van der Waals surface area (Å²) < 4.78 is 69.7. The summed E-state index contributed by atoms with van der Waals surface area (Å²) in [4.78, 5) is 24.3. The first-order chi connectivity index (χ1) is 20.8. The Morgan fingerprint density at radius 2 is 1.68 bits per heavy atom. The summed E-state index contributed by atoms with van der Waals surface area (Å²) >= 11 is 0. The Balaban J connectivity index is 0.000000676. The molecule has 3 atom stereocenters. The molecule has 2 aromatic rings. The number of hydrogen-bond acceptors (Lipinski definition) is 5. The number of methoxy groups -OCH3 is 2. The van der Waals surface area contributed by atoms with E-state index in [1.54, 1.807) is 14.2 Å². The molecule has 4 rings (SSSR count). The Morgan fingerprint density at radius 1 is 1.02 bits per heavy atom. The van der Waals surface area contributed by atoms with Crippen LogP contribution in [0.4, 0.5) is 32.4 Å². The first-order valence-electron chi connectivity index (χ1n) is 14.6. The van der Waals surface area contributed by atoms with Gasteiger partial charge in [0, 0.05) is 35.8 Å². The molecule has 244 valence electrons. The van der Waals surface area contributed by atoms with Crippen molar-refractivity contribution < 1.29 is 46.1 Å². The van der Waals surface area contributed by atoms with Crippen LogP contribution in [0.1, 0.15) is 57.9 Å². The summed E-state index contributed by atoms with van der Waals surface area (Å²) in [7, 11) is 3.31. The molecule has 2 aliphatic rings. The van der Waals surface area contributed by atoms with Crippen LogP contribution in [0, 0.1) is 17.6 Å². The third-order valence-corrected chi connectivity index (χ3v) is 8.73. The third-order valence-electron chi connectivity index (χ3n) is 8.73. The summed E-state index contributed by atoms with van der Waals surface area (Å²) in [5, 5.41) is 12.9. The number of carbonyl (C=O) groups excluding carboxylic acids is 1. The van der Waals surface area contributed by atoms with Gasteiger partial charge in [-0.05, 0) is 68.0 Å². The van der Waals surface area contributed by atoms with Crippen molar-refractivity contribution >= 4 is 17.7 Å². The topological polar surface area (TPSA) is 100 Å². The number of carbonyl (C=O) groups is 2. The van der Waals surface area contributed by atoms with Gasteiger partial charge in [-0.3, -0.25) is 4.90 Å². The van der Waals surface area contributed by atoms with Crippen LogP contribution in [0.2, 0.25) is 0 Å². The highest BCUT2D eigenvalue weighted by Gasteiger charge is 2.52. The number of rotatable bonds is 9. The second kappa shape index (κ2) is 14.9. The van der Waals surface area contributed by atoms with E-state index in [4.69, 9.17) is 19.4 Å². The Morgan fingerprint density at radius 3 is 2.25 bits per heavy atom. The molecule has 2 fully saturated rings. The molecule has 1 aliphatic heterocycles. The second-order valence-electron chi connectivity index (χ2n) is 11.2. The molecule has 0 bridgehead atoms. The van der Waals surface area contributed by atoms with Crippen LogP contribution in [0.5, 0.6) is 11.5 Å². The van der Waals surface area contributed by atoms with Crippen molar-refractivity contribution in [2.24, 2.45) is 5.92 Å². The Kier molecular flexibility index (Phi) is 11.8. The van der Waals surface area contributed by atoms with Crippen molar-refractivity contribution in [2.75, 3.05) is 32.6 Å². The highest BCUT2D eigenvalue weighted by molar-refractivity contribution is 5.89. The lowest BCUT2D eigenvalue weighted by atomic mass is 9.65. The van der Waals surface area contributed by atoms with Crippen LogP contribution in [0.3, 0.4) is 0 Å². The number of benzene rings is 2. The molecule has 1 saturated carbocycles. The van der Waals surface area contributed by atoms with Gasteiger partial charge in [-0.1, -0.05) is 32.8 Å². The van der Waals surface area contributed by atoms with Gasteiger partial charge in [-0.2, -0.15) is 13.2 Å². The lowest BCUT2D eigenvalue weighted by molar-refractivity contribution is -0.192. The first-order valence-corrected chi connectivity index (χ1v) is 14.6. The molecule has 44 heavy (non-hydrogen) atoms. The van der Waals surface area contributed by atoms with Crippen molar-refractivity contribution in [2.45, 2.75) is 76.0 Å². The van der Waals surface area contributed by atoms with E-state index >= 15 is 0 Å². The predicted molar refractivity (Wildman–Crippen MR) is 155 cm³/mol. The number of halogens is 5. The molecule has 13 heteroatoms. The van der Waals surface area contributed by atoms with Gasteiger partial charge < -0.3 is 25.2 Å². The maximum atomic E-state index is 13.6. The molecule has 2 amide bonds. The van der Waals surface area contributed by atoms with Crippen LogP contribution in [-0.4, -0.2) is 67.6 Å². The molecule has 2 aromatic carbocycles. The van der Waals surface area contributed by atoms with E-state index in [1.807, 2.05) is 6.07 Å². The minimum Gasteiger partial charge on any atom is -0.493 e. The molecule has 3 N–H and O–H groups in total. The number of aliphatic carboxylic acids is 1. The van der Waals surface area contributed by atoms with Gasteiger partial charge >= 0.3 is 18.2 Å². The molecule has 0 aromatic heterocycles. The maximum Gasteiger partial charge on any atom is 0.490 e. The van der Waals surface area contributed by atoms with Gasteiger partial charge in [0.2, 0.25) is 0 Å². The number of amides is 2. The monoisotopic (exact) mass is 629 g/mol. The first kappa shape index (κ1) is 34.9. The molecule has 1 saturated heterocycles. The van der Waals surface area contributed by atoms with Crippen molar-refractivity contribution in [3.8, 4) is 11.5 Å². The number of fused-ring (bicyclic) bond motifs is 1. The van der Waals surface area contributed by atoms with E-state index in [2.05, 4.69) is 41.5 Å². The van der Waals surface area contributed by atoms with E-state index in [1.165, 1.54) is 11.6 Å². The van der Waals surface area contributed by atoms with Gasteiger partial charge in [-0.15, -0.1) is 0 Å². The number of urea groups is 1. The van der Waals surface area contributed by atoms with Gasteiger partial charge in [0.25, 0.3) is 0 Å². The summed E-state index contributed by atoms with van der Waals surface area (Å²) in [5.74, 6) is -2.60. The number of anilines is 1. The zero-order valence-electron chi connectivity index (χ0n) is 25.3. The van der Waals surface area contributed by atoms with Gasteiger partial charge in [0.15, 0.2) is 23.1 Å². The molecule has 0 spiro atoms. The number of alkyl halides is 3. The van der Waals surface area contributed by atoms with Crippen molar-refractivity contribution in [1.82, 2.24) is 10.2 Å². The summed E-state index contributed by atoms with van der Waals surface area (Å²) in [6, 6.07) is 9.48. The quantitative estimate of drug-likeness (QED) is 0.266. The SMILES string of the molecule is CCC(CC)CN1CC[C@]2(c3ccc(OC)c(OC)c3)CC[C@@H](NC(=O)Nc3ccc(F)c(F)c3)C[C@H]12.O=C(O)C(F)(F)F. The summed E-state index contributed by atoms with van der Waals surface area (Å²) in [6.07, 6.45) is 0.834. The molecule has 0 radical (unpaired) electrons. The van der Waals surface area contributed by atoms with Crippen LogP contribution in [-0.2, 0) is 10.2 Å². The number of likely N-dealkylation sites (tertiary alicyclic amines) is 1. The van der Waals surface area contributed by atoms with E-state index in [9.17, 15) is 26.7 Å². The van der Waals surface area contributed by atoms with E-state index in [0.717, 1.165) is 75.2 Å². The Hall–Kier alpha value is -3.61. The molecule has 1 heterocycles. The molecular weight excluding hydrogens is 589 g/mol. The van der Waals surface area contributed by atoms with E-state index in [0.29, 0.717) is 5.92 Å². The number of carboxylic acids is 1. The summed E-state index contributed by atoms with van der Waals surface area (Å²) in [5.41, 5.74) is 1.45. The van der Waals surface area contributed by atoms with Crippen LogP contribution in [0.15, 0.2) is 36.4 Å². The number of nitrogens with one attached hydrogen (secondary N) is 2. The zero-order chi connectivity index (χ0) is 32.7. The molecule has 8 nitrogen and oxygen atoms in total. The second-order valence-corrected chi connectivity index (χ2v) is 11.2. The van der Waals surface area contributed by atoms with Crippen molar-refractivity contribution in [3.63, 3.8) is 0 Å². The fourth-order valence-electron chi connectivity index (χ4n) is 6.28. The van der Waals surface area contributed by atoms with E-state index in [-0.39, 0.29) is 23.2 Å². The normalized spacial score (nSPS) is 21.6.